The molecule has 170 valence electrons. The standard InChI is InChI=1S/C26H25NO6/c1-31-18-12-20(32-2)23-21(13-18)33-26(16-8-10-17(28)11-9-16)22(15-6-4-3-5-7-15)19(24(27)29)14-25(23,26)30/h3-13,19,22,28,30H,14H2,1-2H3,(H2,27,29)/t19-,22+,25+,26-/m0/s1. The minimum Gasteiger partial charge on any atom is -0.508 e. The first-order chi connectivity index (χ1) is 15.9. The number of ether oxygens (including phenoxy) is 3. The number of rotatable bonds is 5. The van der Waals surface area contributed by atoms with Crippen LogP contribution >= 0.6 is 0 Å². The Balaban J connectivity index is 1.85. The molecule has 33 heavy (non-hydrogen) atoms. The maximum Gasteiger partial charge on any atom is 0.221 e. The molecule has 3 aromatic carbocycles. The molecule has 4 atom stereocenters. The highest BCUT2D eigenvalue weighted by atomic mass is 16.5. The second kappa shape index (κ2) is 7.42. The molecule has 4 N–H and O–H groups in total. The molecule has 0 unspecified atom stereocenters. The summed E-state index contributed by atoms with van der Waals surface area (Å²) >= 11 is 0. The molecule has 1 aliphatic heterocycles. The Morgan fingerprint density at radius 2 is 1.76 bits per heavy atom. The Labute approximate surface area is 191 Å². The predicted octanol–water partition coefficient (Wildman–Crippen LogP) is 3.17. The molecule has 1 fully saturated rings. The van der Waals surface area contributed by atoms with Gasteiger partial charge in [-0.3, -0.25) is 4.79 Å². The van der Waals surface area contributed by atoms with Crippen LogP contribution in [0.4, 0.5) is 0 Å². The van der Waals surface area contributed by atoms with E-state index in [0.717, 1.165) is 5.56 Å². The summed E-state index contributed by atoms with van der Waals surface area (Å²) < 4.78 is 17.7. The smallest absolute Gasteiger partial charge is 0.221 e. The van der Waals surface area contributed by atoms with Crippen LogP contribution in [0, 0.1) is 5.92 Å². The van der Waals surface area contributed by atoms with Crippen molar-refractivity contribution in [2.45, 2.75) is 23.5 Å². The first-order valence-electron chi connectivity index (χ1n) is 10.7. The summed E-state index contributed by atoms with van der Waals surface area (Å²) in [5.41, 5.74) is 4.71. The predicted molar refractivity (Wildman–Crippen MR) is 120 cm³/mol. The molecule has 0 saturated heterocycles. The van der Waals surface area contributed by atoms with Crippen LogP contribution in [0.25, 0.3) is 0 Å². The lowest BCUT2D eigenvalue weighted by atomic mass is 9.70. The molecular formula is C26H25NO6. The first kappa shape index (κ1) is 21.2. The number of nitrogens with two attached hydrogens (primary N) is 1. The summed E-state index contributed by atoms with van der Waals surface area (Å²) in [6, 6.07) is 19.3. The van der Waals surface area contributed by atoms with E-state index in [-0.39, 0.29) is 12.2 Å². The molecule has 0 aromatic heterocycles. The summed E-state index contributed by atoms with van der Waals surface area (Å²) in [6.07, 6.45) is 0.0401. The van der Waals surface area contributed by atoms with Gasteiger partial charge in [0.1, 0.15) is 28.6 Å². The van der Waals surface area contributed by atoms with E-state index in [0.29, 0.717) is 28.4 Å². The zero-order chi connectivity index (χ0) is 23.4. The van der Waals surface area contributed by atoms with Crippen LogP contribution in [0.2, 0.25) is 0 Å². The van der Waals surface area contributed by atoms with Gasteiger partial charge in [-0.2, -0.15) is 0 Å². The quantitative estimate of drug-likeness (QED) is 0.554. The van der Waals surface area contributed by atoms with Gasteiger partial charge in [-0.25, -0.2) is 0 Å². The fourth-order valence-corrected chi connectivity index (χ4v) is 5.65. The third-order valence-corrected chi connectivity index (χ3v) is 6.97. The Bertz CT molecular complexity index is 1210. The van der Waals surface area contributed by atoms with Gasteiger partial charge >= 0.3 is 0 Å². The number of methoxy groups -OCH3 is 2. The SMILES string of the molecule is COc1cc(OC)c2c(c1)O[C@@]1(c3ccc(O)cc3)[C@H](c3ccccc3)[C@@H](C(N)=O)C[C@@]21O. The molecule has 1 heterocycles. The Morgan fingerprint density at radius 1 is 1.06 bits per heavy atom. The normalized spacial score (nSPS) is 27.4. The van der Waals surface area contributed by atoms with E-state index in [1.54, 1.807) is 24.3 Å². The number of aromatic hydroxyl groups is 1. The number of carbonyl (C=O) groups excluding carboxylic acids is 1. The molecule has 0 bridgehead atoms. The van der Waals surface area contributed by atoms with Crippen molar-refractivity contribution in [1.82, 2.24) is 0 Å². The van der Waals surface area contributed by atoms with Gasteiger partial charge in [-0.1, -0.05) is 42.5 Å². The molecule has 1 aliphatic carbocycles. The van der Waals surface area contributed by atoms with Gasteiger partial charge in [0.05, 0.1) is 25.7 Å². The highest BCUT2D eigenvalue weighted by Crippen LogP contribution is 2.70. The lowest BCUT2D eigenvalue weighted by Crippen LogP contribution is -2.48. The molecular weight excluding hydrogens is 422 g/mol. The summed E-state index contributed by atoms with van der Waals surface area (Å²) in [4.78, 5) is 12.7. The maximum absolute atomic E-state index is 12.7. The van der Waals surface area contributed by atoms with Crippen LogP contribution in [0.5, 0.6) is 23.0 Å². The van der Waals surface area contributed by atoms with Crippen molar-refractivity contribution >= 4 is 5.91 Å². The lowest BCUT2D eigenvalue weighted by molar-refractivity contribution is -0.122. The van der Waals surface area contributed by atoms with Gasteiger partial charge < -0.3 is 30.2 Å². The number of hydrogen-bond acceptors (Lipinski definition) is 6. The topological polar surface area (TPSA) is 111 Å². The van der Waals surface area contributed by atoms with E-state index in [1.807, 2.05) is 30.3 Å². The lowest BCUT2D eigenvalue weighted by Gasteiger charge is -2.40. The second-order valence-electron chi connectivity index (χ2n) is 8.55. The van der Waals surface area contributed by atoms with Crippen molar-refractivity contribution in [1.29, 1.82) is 0 Å². The van der Waals surface area contributed by atoms with E-state index >= 15 is 0 Å². The molecule has 2 aliphatic rings. The van der Waals surface area contributed by atoms with Gasteiger partial charge in [-0.15, -0.1) is 0 Å². The van der Waals surface area contributed by atoms with Crippen LogP contribution in [-0.2, 0) is 16.0 Å². The summed E-state index contributed by atoms with van der Waals surface area (Å²) in [6.45, 7) is 0. The highest BCUT2D eigenvalue weighted by Gasteiger charge is 2.73. The number of aliphatic hydroxyl groups is 1. The monoisotopic (exact) mass is 447 g/mol. The molecule has 0 spiro atoms. The van der Waals surface area contributed by atoms with E-state index in [4.69, 9.17) is 19.9 Å². The highest BCUT2D eigenvalue weighted by molar-refractivity contribution is 5.80. The number of primary amides is 1. The minimum atomic E-state index is -1.64. The van der Waals surface area contributed by atoms with E-state index in [9.17, 15) is 15.0 Å². The molecule has 5 rings (SSSR count). The maximum atomic E-state index is 12.7. The van der Waals surface area contributed by atoms with Gasteiger partial charge in [0, 0.05) is 18.1 Å². The van der Waals surface area contributed by atoms with Crippen molar-refractivity contribution in [3.8, 4) is 23.0 Å². The summed E-state index contributed by atoms with van der Waals surface area (Å²) in [5.74, 6) is -0.454. The van der Waals surface area contributed by atoms with Crippen LogP contribution in [0.1, 0.15) is 29.0 Å². The minimum absolute atomic E-state index is 0.0401. The van der Waals surface area contributed by atoms with Gasteiger partial charge in [0.2, 0.25) is 5.91 Å². The fourth-order valence-electron chi connectivity index (χ4n) is 5.65. The van der Waals surface area contributed by atoms with Crippen LogP contribution in [0.15, 0.2) is 66.7 Å². The van der Waals surface area contributed by atoms with Crippen LogP contribution in [-0.4, -0.2) is 30.3 Å². The van der Waals surface area contributed by atoms with Gasteiger partial charge in [-0.05, 0) is 29.7 Å². The summed E-state index contributed by atoms with van der Waals surface area (Å²) in [5, 5.41) is 22.4. The molecule has 1 saturated carbocycles. The number of phenols is 1. The number of amides is 1. The Hall–Kier alpha value is -3.71. The third-order valence-electron chi connectivity index (χ3n) is 6.97. The third kappa shape index (κ3) is 2.82. The van der Waals surface area contributed by atoms with Crippen LogP contribution < -0.4 is 19.9 Å². The summed E-state index contributed by atoms with van der Waals surface area (Å²) in [7, 11) is 3.05. The first-order valence-corrected chi connectivity index (χ1v) is 10.7. The average Bonchev–Trinajstić information content (AvgIpc) is 3.23. The van der Waals surface area contributed by atoms with Gasteiger partial charge in [0.15, 0.2) is 5.60 Å². The van der Waals surface area contributed by atoms with Crippen molar-refractivity contribution < 1.29 is 29.2 Å². The number of benzene rings is 3. The number of carbonyl (C=O) groups is 1. The van der Waals surface area contributed by atoms with Crippen molar-refractivity contribution in [3.05, 3.63) is 83.4 Å². The molecule has 1 amide bonds. The fraction of sp³-hybridized carbons (Fsp3) is 0.269. The zero-order valence-electron chi connectivity index (χ0n) is 18.3. The molecule has 7 heteroatoms. The Kier molecular flexibility index (Phi) is 4.76. The van der Waals surface area contributed by atoms with E-state index < -0.39 is 28.9 Å². The number of hydrogen-bond donors (Lipinski definition) is 3. The zero-order valence-corrected chi connectivity index (χ0v) is 18.3. The molecule has 3 aromatic rings. The van der Waals surface area contributed by atoms with Crippen LogP contribution in [0.3, 0.4) is 0 Å². The van der Waals surface area contributed by atoms with Crippen molar-refractivity contribution in [2.24, 2.45) is 11.7 Å². The average molecular weight is 447 g/mol. The molecule has 0 radical (unpaired) electrons. The van der Waals surface area contributed by atoms with Gasteiger partial charge in [0.25, 0.3) is 0 Å². The number of phenolic OH excluding ortho intramolecular Hbond substituents is 1. The van der Waals surface area contributed by atoms with E-state index in [2.05, 4.69) is 0 Å². The molecule has 7 nitrogen and oxygen atoms in total. The number of fused-ring (bicyclic) bond motifs is 3. The van der Waals surface area contributed by atoms with E-state index in [1.165, 1.54) is 26.4 Å². The Morgan fingerprint density at radius 3 is 2.36 bits per heavy atom. The largest absolute Gasteiger partial charge is 0.508 e. The van der Waals surface area contributed by atoms with Crippen molar-refractivity contribution in [3.63, 3.8) is 0 Å². The van der Waals surface area contributed by atoms with Crippen molar-refractivity contribution in [2.75, 3.05) is 14.2 Å². The second-order valence-corrected chi connectivity index (χ2v) is 8.55.